The molecule has 5 heteroatoms. The average Bonchev–Trinajstić information content (AvgIpc) is 3.04. The number of aromatic nitrogens is 2. The first-order valence-corrected chi connectivity index (χ1v) is 8.28. The fourth-order valence-corrected chi connectivity index (χ4v) is 4.03. The number of aryl methyl sites for hydroxylation is 1. The number of nitrogens with two attached hydrogens (primary N) is 1. The van der Waals surface area contributed by atoms with Crippen LogP contribution in [0.2, 0.25) is 4.34 Å². The van der Waals surface area contributed by atoms with Crippen molar-refractivity contribution in [2.24, 2.45) is 5.73 Å². The van der Waals surface area contributed by atoms with Crippen molar-refractivity contribution in [3.8, 4) is 0 Å². The molecule has 3 rings (SSSR count). The van der Waals surface area contributed by atoms with Gasteiger partial charge in [-0.25, -0.2) is 4.98 Å². The van der Waals surface area contributed by atoms with Crippen molar-refractivity contribution in [1.29, 1.82) is 0 Å². The fraction of sp³-hybridized carbons (Fsp3) is 0.312. The van der Waals surface area contributed by atoms with Gasteiger partial charge in [-0.3, -0.25) is 0 Å². The van der Waals surface area contributed by atoms with E-state index in [1.807, 2.05) is 31.2 Å². The summed E-state index contributed by atoms with van der Waals surface area (Å²) in [6.45, 7) is 4.16. The molecular formula is C16H18ClN3S. The Morgan fingerprint density at radius 2 is 2.05 bits per heavy atom. The summed E-state index contributed by atoms with van der Waals surface area (Å²) in [5.41, 5.74) is 8.44. The SMILES string of the molecule is CCc1nc2ccccc2n1C(c1ccc(Cl)s1)C(C)N. The predicted octanol–water partition coefficient (Wildman–Crippen LogP) is 4.25. The van der Waals surface area contributed by atoms with Gasteiger partial charge in [0.15, 0.2) is 0 Å². The minimum Gasteiger partial charge on any atom is -0.326 e. The first-order chi connectivity index (χ1) is 10.1. The molecule has 3 aromatic rings. The highest BCUT2D eigenvalue weighted by atomic mass is 35.5. The van der Waals surface area contributed by atoms with Crippen LogP contribution in [0.25, 0.3) is 11.0 Å². The summed E-state index contributed by atoms with van der Waals surface area (Å²) in [7, 11) is 0. The van der Waals surface area contributed by atoms with Gasteiger partial charge in [-0.15, -0.1) is 11.3 Å². The highest BCUT2D eigenvalue weighted by Gasteiger charge is 2.24. The molecule has 2 heterocycles. The van der Waals surface area contributed by atoms with Crippen LogP contribution in [0.5, 0.6) is 0 Å². The van der Waals surface area contributed by atoms with Gasteiger partial charge in [0.1, 0.15) is 5.82 Å². The lowest BCUT2D eigenvalue weighted by atomic mass is 10.1. The largest absolute Gasteiger partial charge is 0.326 e. The van der Waals surface area contributed by atoms with Crippen LogP contribution in [-0.2, 0) is 6.42 Å². The van der Waals surface area contributed by atoms with Crippen LogP contribution < -0.4 is 5.73 Å². The zero-order chi connectivity index (χ0) is 15.0. The number of fused-ring (bicyclic) bond motifs is 1. The van der Waals surface area contributed by atoms with Gasteiger partial charge in [-0.2, -0.15) is 0 Å². The smallest absolute Gasteiger partial charge is 0.110 e. The first kappa shape index (κ1) is 14.6. The third-order valence-corrected chi connectivity index (χ3v) is 4.95. The molecular weight excluding hydrogens is 302 g/mol. The molecule has 2 atom stereocenters. The minimum atomic E-state index is -0.0253. The Kier molecular flexibility index (Phi) is 4.02. The summed E-state index contributed by atoms with van der Waals surface area (Å²) in [5, 5.41) is 0. The van der Waals surface area contributed by atoms with E-state index in [0.717, 1.165) is 27.6 Å². The van der Waals surface area contributed by atoms with E-state index in [1.165, 1.54) is 4.88 Å². The Bertz CT molecular complexity index is 760. The Balaban J connectivity index is 2.24. The lowest BCUT2D eigenvalue weighted by Gasteiger charge is -2.24. The normalized spacial score (nSPS) is 14.5. The minimum absolute atomic E-state index is 0.0253. The number of hydrogen-bond donors (Lipinski definition) is 1. The van der Waals surface area contributed by atoms with Crippen LogP contribution in [-0.4, -0.2) is 15.6 Å². The fourth-order valence-electron chi connectivity index (χ4n) is 2.76. The van der Waals surface area contributed by atoms with Crippen LogP contribution in [0.4, 0.5) is 0 Å². The lowest BCUT2D eigenvalue weighted by Crippen LogP contribution is -2.30. The van der Waals surface area contributed by atoms with Crippen LogP contribution in [0.3, 0.4) is 0 Å². The zero-order valence-electron chi connectivity index (χ0n) is 12.1. The number of nitrogens with zero attached hydrogens (tertiary/aromatic N) is 2. The molecule has 2 aromatic heterocycles. The Morgan fingerprint density at radius 1 is 1.29 bits per heavy atom. The highest BCUT2D eigenvalue weighted by Crippen LogP contribution is 2.34. The predicted molar refractivity (Wildman–Crippen MR) is 90.2 cm³/mol. The first-order valence-electron chi connectivity index (χ1n) is 7.08. The topological polar surface area (TPSA) is 43.8 Å². The molecule has 0 spiro atoms. The molecule has 0 aliphatic heterocycles. The van der Waals surface area contributed by atoms with E-state index in [0.29, 0.717) is 0 Å². The number of para-hydroxylation sites is 2. The van der Waals surface area contributed by atoms with Crippen molar-refractivity contribution in [2.45, 2.75) is 32.4 Å². The molecule has 0 saturated heterocycles. The summed E-state index contributed by atoms with van der Waals surface area (Å²) in [6, 6.07) is 12.2. The van der Waals surface area contributed by atoms with Crippen molar-refractivity contribution < 1.29 is 0 Å². The van der Waals surface area contributed by atoms with E-state index >= 15 is 0 Å². The third-order valence-electron chi connectivity index (χ3n) is 3.65. The second kappa shape index (κ2) is 5.79. The second-order valence-electron chi connectivity index (χ2n) is 5.19. The van der Waals surface area contributed by atoms with Crippen molar-refractivity contribution in [1.82, 2.24) is 9.55 Å². The number of hydrogen-bond acceptors (Lipinski definition) is 3. The Hall–Kier alpha value is -1.36. The molecule has 0 radical (unpaired) electrons. The van der Waals surface area contributed by atoms with Gasteiger partial charge in [-0.1, -0.05) is 30.7 Å². The van der Waals surface area contributed by atoms with Crippen LogP contribution in [0, 0.1) is 0 Å². The molecule has 21 heavy (non-hydrogen) atoms. The van der Waals surface area contributed by atoms with E-state index in [2.05, 4.69) is 23.6 Å². The number of rotatable bonds is 4. The highest BCUT2D eigenvalue weighted by molar-refractivity contribution is 7.16. The van der Waals surface area contributed by atoms with Crippen molar-refractivity contribution in [3.63, 3.8) is 0 Å². The van der Waals surface area contributed by atoms with Crippen molar-refractivity contribution in [2.75, 3.05) is 0 Å². The molecule has 2 unspecified atom stereocenters. The number of thiophene rings is 1. The third kappa shape index (κ3) is 2.59. The van der Waals surface area contributed by atoms with Crippen molar-refractivity contribution >= 4 is 34.0 Å². The van der Waals surface area contributed by atoms with Gasteiger partial charge in [0, 0.05) is 17.3 Å². The second-order valence-corrected chi connectivity index (χ2v) is 6.93. The molecule has 0 saturated carbocycles. The van der Waals surface area contributed by atoms with Gasteiger partial charge in [-0.05, 0) is 31.2 Å². The van der Waals surface area contributed by atoms with Crippen LogP contribution in [0.15, 0.2) is 36.4 Å². The molecule has 2 N–H and O–H groups in total. The molecule has 0 fully saturated rings. The standard InChI is InChI=1S/C16H18ClN3S/c1-3-15-19-11-6-4-5-7-12(11)20(15)16(10(2)18)13-8-9-14(17)21-13/h4-10,16H,3,18H2,1-2H3. The molecule has 0 bridgehead atoms. The van der Waals surface area contributed by atoms with E-state index in [-0.39, 0.29) is 12.1 Å². The lowest BCUT2D eigenvalue weighted by molar-refractivity contribution is 0.499. The molecule has 0 aliphatic rings. The molecule has 0 aliphatic carbocycles. The quantitative estimate of drug-likeness (QED) is 0.781. The molecule has 1 aromatic carbocycles. The van der Waals surface area contributed by atoms with E-state index in [1.54, 1.807) is 11.3 Å². The molecule has 3 nitrogen and oxygen atoms in total. The maximum Gasteiger partial charge on any atom is 0.110 e. The van der Waals surface area contributed by atoms with Gasteiger partial charge >= 0.3 is 0 Å². The van der Waals surface area contributed by atoms with E-state index in [4.69, 9.17) is 22.3 Å². The maximum atomic E-state index is 6.30. The van der Waals surface area contributed by atoms with Gasteiger partial charge in [0.05, 0.1) is 21.4 Å². The van der Waals surface area contributed by atoms with Crippen molar-refractivity contribution in [3.05, 3.63) is 51.4 Å². The van der Waals surface area contributed by atoms with Crippen LogP contribution in [0.1, 0.15) is 30.6 Å². The summed E-state index contributed by atoms with van der Waals surface area (Å²) < 4.78 is 3.06. The summed E-state index contributed by atoms with van der Waals surface area (Å²) >= 11 is 7.70. The van der Waals surface area contributed by atoms with Gasteiger partial charge < -0.3 is 10.3 Å². The molecule has 110 valence electrons. The van der Waals surface area contributed by atoms with Gasteiger partial charge in [0.2, 0.25) is 0 Å². The number of benzene rings is 1. The Labute approximate surface area is 133 Å². The summed E-state index contributed by atoms with van der Waals surface area (Å²) in [5.74, 6) is 1.06. The van der Waals surface area contributed by atoms with Crippen LogP contribution >= 0.6 is 22.9 Å². The average molecular weight is 320 g/mol. The monoisotopic (exact) mass is 319 g/mol. The van der Waals surface area contributed by atoms with E-state index < -0.39 is 0 Å². The molecule has 0 amide bonds. The van der Waals surface area contributed by atoms with Gasteiger partial charge in [0.25, 0.3) is 0 Å². The Morgan fingerprint density at radius 3 is 2.67 bits per heavy atom. The number of imidazole rings is 1. The maximum absolute atomic E-state index is 6.30. The summed E-state index contributed by atoms with van der Waals surface area (Å²) in [4.78, 5) is 5.92. The summed E-state index contributed by atoms with van der Waals surface area (Å²) in [6.07, 6.45) is 0.872. The zero-order valence-corrected chi connectivity index (χ0v) is 13.7. The number of halogens is 1. The van der Waals surface area contributed by atoms with E-state index in [9.17, 15) is 0 Å².